The first-order valence-electron chi connectivity index (χ1n) is 6.06. The molecule has 3 rings (SSSR count). The fourth-order valence-electron chi connectivity index (χ4n) is 1.90. The van der Waals surface area contributed by atoms with Gasteiger partial charge in [-0.05, 0) is 36.8 Å². The van der Waals surface area contributed by atoms with Crippen LogP contribution in [0.4, 0.5) is 5.69 Å². The Morgan fingerprint density at radius 2 is 2.00 bits per heavy atom. The molecule has 0 bridgehead atoms. The highest BCUT2D eigenvalue weighted by Crippen LogP contribution is 2.34. The summed E-state index contributed by atoms with van der Waals surface area (Å²) in [6, 6.07) is 13.1. The zero-order valence-corrected chi connectivity index (χ0v) is 12.3. The summed E-state index contributed by atoms with van der Waals surface area (Å²) in [5.74, 6) is -0.0513. The Labute approximate surface area is 126 Å². The van der Waals surface area contributed by atoms with E-state index in [0.717, 1.165) is 10.5 Å². The van der Waals surface area contributed by atoms with Gasteiger partial charge in [-0.2, -0.15) is 5.10 Å². The maximum absolute atomic E-state index is 12.2. The lowest BCUT2D eigenvalue weighted by molar-refractivity contribution is 0.106. The van der Waals surface area contributed by atoms with Crippen molar-refractivity contribution in [2.45, 2.75) is 11.8 Å². The van der Waals surface area contributed by atoms with Crippen molar-refractivity contribution >= 4 is 39.9 Å². The maximum atomic E-state index is 12.2. The molecular formula is C15H11ClN2OS. The molecule has 0 radical (unpaired) electrons. The number of anilines is 1. The van der Waals surface area contributed by atoms with Gasteiger partial charge in [0.15, 0.2) is 5.04 Å². The van der Waals surface area contributed by atoms with E-state index in [0.29, 0.717) is 21.3 Å². The zero-order valence-electron chi connectivity index (χ0n) is 10.7. The molecule has 5 heteroatoms. The fraction of sp³-hybridized carbons (Fsp3) is 0.0667. The Kier molecular flexibility index (Phi) is 3.51. The van der Waals surface area contributed by atoms with Gasteiger partial charge in [0.05, 0.1) is 10.7 Å². The normalized spacial score (nSPS) is 15.5. The summed E-state index contributed by atoms with van der Waals surface area (Å²) < 4.78 is 0. The Bertz CT molecular complexity index is 728. The number of hydrazone groups is 1. The van der Waals surface area contributed by atoms with Crippen LogP contribution in [0.25, 0.3) is 0 Å². The minimum absolute atomic E-state index is 0.0513. The average Bonchev–Trinajstić information content (AvgIpc) is 2.74. The lowest BCUT2D eigenvalue weighted by atomic mass is 10.1. The number of rotatable bonds is 2. The quantitative estimate of drug-likeness (QED) is 0.838. The minimum atomic E-state index is -0.0513. The number of benzene rings is 2. The van der Waals surface area contributed by atoms with Gasteiger partial charge in [-0.1, -0.05) is 41.6 Å². The van der Waals surface area contributed by atoms with Crippen molar-refractivity contribution in [1.82, 2.24) is 0 Å². The van der Waals surface area contributed by atoms with E-state index in [2.05, 4.69) is 10.5 Å². The van der Waals surface area contributed by atoms with Gasteiger partial charge in [0.2, 0.25) is 5.78 Å². The highest BCUT2D eigenvalue weighted by atomic mass is 35.5. The number of para-hydroxylation sites is 1. The molecule has 0 saturated carbocycles. The zero-order chi connectivity index (χ0) is 14.1. The second-order valence-corrected chi connectivity index (χ2v) is 5.88. The molecule has 100 valence electrons. The molecule has 0 amide bonds. The van der Waals surface area contributed by atoms with Crippen LogP contribution in [0, 0.1) is 6.92 Å². The summed E-state index contributed by atoms with van der Waals surface area (Å²) in [5.41, 5.74) is 5.37. The third-order valence-corrected chi connectivity index (χ3v) is 4.29. The Morgan fingerprint density at radius 1 is 1.20 bits per heavy atom. The van der Waals surface area contributed by atoms with Crippen LogP contribution in [0.5, 0.6) is 0 Å². The molecule has 0 aliphatic carbocycles. The predicted octanol–water partition coefficient (Wildman–Crippen LogP) is 4.36. The molecule has 20 heavy (non-hydrogen) atoms. The SMILES string of the molecule is Cc1ccc2c(c1)S/C(=N\Nc1ccccc1Cl)C2=O. The summed E-state index contributed by atoms with van der Waals surface area (Å²) in [5, 5.41) is 5.18. The average molecular weight is 303 g/mol. The molecule has 2 aromatic carbocycles. The highest BCUT2D eigenvalue weighted by molar-refractivity contribution is 8.16. The van der Waals surface area contributed by atoms with Crippen LogP contribution in [-0.4, -0.2) is 10.8 Å². The molecule has 0 atom stereocenters. The first kappa shape index (κ1) is 13.2. The van der Waals surface area contributed by atoms with Gasteiger partial charge in [0.1, 0.15) is 0 Å². The number of halogens is 1. The van der Waals surface area contributed by atoms with Gasteiger partial charge >= 0.3 is 0 Å². The number of hydrogen-bond acceptors (Lipinski definition) is 4. The van der Waals surface area contributed by atoms with Crippen LogP contribution in [0.3, 0.4) is 0 Å². The van der Waals surface area contributed by atoms with Gasteiger partial charge in [0, 0.05) is 10.5 Å². The van der Waals surface area contributed by atoms with E-state index in [1.54, 1.807) is 6.07 Å². The van der Waals surface area contributed by atoms with E-state index in [4.69, 9.17) is 11.6 Å². The van der Waals surface area contributed by atoms with Crippen LogP contribution in [-0.2, 0) is 0 Å². The lowest BCUT2D eigenvalue weighted by Crippen LogP contribution is -2.06. The van der Waals surface area contributed by atoms with E-state index < -0.39 is 0 Å². The molecule has 1 aliphatic rings. The molecule has 2 aromatic rings. The molecule has 1 N–H and O–H groups in total. The number of aryl methyl sites for hydroxylation is 1. The number of carbonyl (C=O) groups excluding carboxylic acids is 1. The summed E-state index contributed by atoms with van der Waals surface area (Å²) in [6.07, 6.45) is 0. The summed E-state index contributed by atoms with van der Waals surface area (Å²) in [7, 11) is 0. The van der Waals surface area contributed by atoms with E-state index in [1.165, 1.54) is 11.8 Å². The van der Waals surface area contributed by atoms with E-state index in [1.807, 2.05) is 43.3 Å². The van der Waals surface area contributed by atoms with E-state index >= 15 is 0 Å². The monoisotopic (exact) mass is 302 g/mol. The Balaban J connectivity index is 1.85. The van der Waals surface area contributed by atoms with Crippen LogP contribution >= 0.6 is 23.4 Å². The number of nitrogens with one attached hydrogen (secondary N) is 1. The fourth-order valence-corrected chi connectivity index (χ4v) is 3.10. The predicted molar refractivity (Wildman–Crippen MR) is 83.9 cm³/mol. The number of Topliss-reactive ketones (excluding diaryl/α,β-unsaturated/α-hetero) is 1. The minimum Gasteiger partial charge on any atom is -0.286 e. The molecule has 0 unspecified atom stereocenters. The largest absolute Gasteiger partial charge is 0.286 e. The molecule has 0 aromatic heterocycles. The smallest absolute Gasteiger partial charge is 0.221 e. The molecule has 3 nitrogen and oxygen atoms in total. The second kappa shape index (κ2) is 5.31. The Hall–Kier alpha value is -1.78. The van der Waals surface area contributed by atoms with E-state index in [9.17, 15) is 4.79 Å². The van der Waals surface area contributed by atoms with Gasteiger partial charge < -0.3 is 0 Å². The lowest BCUT2D eigenvalue weighted by Gasteiger charge is -2.02. The third-order valence-electron chi connectivity index (χ3n) is 2.93. The molecule has 0 fully saturated rings. The molecule has 1 heterocycles. The third kappa shape index (κ3) is 2.44. The van der Waals surface area contributed by atoms with Crippen LogP contribution in [0.15, 0.2) is 52.5 Å². The summed E-state index contributed by atoms with van der Waals surface area (Å²) in [4.78, 5) is 13.1. The van der Waals surface area contributed by atoms with Crippen LogP contribution in [0.1, 0.15) is 15.9 Å². The first-order valence-corrected chi connectivity index (χ1v) is 7.26. The highest BCUT2D eigenvalue weighted by Gasteiger charge is 2.27. The van der Waals surface area contributed by atoms with Crippen molar-refractivity contribution < 1.29 is 4.79 Å². The van der Waals surface area contributed by atoms with Crippen molar-refractivity contribution in [3.8, 4) is 0 Å². The Morgan fingerprint density at radius 3 is 2.80 bits per heavy atom. The number of fused-ring (bicyclic) bond motifs is 1. The topological polar surface area (TPSA) is 41.5 Å². The summed E-state index contributed by atoms with van der Waals surface area (Å²) in [6.45, 7) is 2.00. The van der Waals surface area contributed by atoms with Crippen molar-refractivity contribution in [3.05, 3.63) is 58.6 Å². The summed E-state index contributed by atoms with van der Waals surface area (Å²) >= 11 is 7.41. The van der Waals surface area contributed by atoms with Crippen molar-refractivity contribution in [2.75, 3.05) is 5.43 Å². The number of carbonyl (C=O) groups is 1. The van der Waals surface area contributed by atoms with Gasteiger partial charge in [0.25, 0.3) is 0 Å². The number of ketones is 1. The second-order valence-electron chi connectivity index (χ2n) is 4.44. The van der Waals surface area contributed by atoms with Crippen molar-refractivity contribution in [1.29, 1.82) is 0 Å². The van der Waals surface area contributed by atoms with Crippen molar-refractivity contribution in [2.24, 2.45) is 5.10 Å². The van der Waals surface area contributed by atoms with Crippen LogP contribution in [0.2, 0.25) is 5.02 Å². The van der Waals surface area contributed by atoms with Gasteiger partial charge in [-0.3, -0.25) is 10.2 Å². The van der Waals surface area contributed by atoms with Gasteiger partial charge in [-0.25, -0.2) is 0 Å². The maximum Gasteiger partial charge on any atom is 0.221 e. The standard InChI is InChI=1S/C15H11ClN2OS/c1-9-6-7-10-13(8-9)20-15(14(10)19)18-17-12-5-3-2-4-11(12)16/h2-8,17H,1H3/b18-15-. The van der Waals surface area contributed by atoms with Crippen molar-refractivity contribution in [3.63, 3.8) is 0 Å². The number of hydrogen-bond donors (Lipinski definition) is 1. The van der Waals surface area contributed by atoms with Crippen LogP contribution < -0.4 is 5.43 Å². The van der Waals surface area contributed by atoms with E-state index in [-0.39, 0.29) is 5.78 Å². The molecular weight excluding hydrogens is 292 g/mol. The molecule has 1 aliphatic heterocycles. The molecule has 0 spiro atoms. The number of thioether (sulfide) groups is 1. The van der Waals surface area contributed by atoms with Gasteiger partial charge in [-0.15, -0.1) is 0 Å². The first-order chi connectivity index (χ1) is 9.65. The number of nitrogens with zero attached hydrogens (tertiary/aromatic N) is 1. The molecule has 0 saturated heterocycles.